The maximum absolute atomic E-state index is 12.0. The van der Waals surface area contributed by atoms with Crippen LogP contribution in [-0.4, -0.2) is 25.7 Å². The Balaban J connectivity index is 2.13. The summed E-state index contributed by atoms with van der Waals surface area (Å²) in [7, 11) is 1.54. The van der Waals surface area contributed by atoms with Gasteiger partial charge in [-0.2, -0.15) is 0 Å². The third-order valence-electron chi connectivity index (χ3n) is 3.72. The fraction of sp³-hybridized carbons (Fsp3) is 0.278. The molecule has 0 heterocycles. The van der Waals surface area contributed by atoms with E-state index in [0.29, 0.717) is 23.1 Å². The molecular formula is C18H20Cl2N2O2. The van der Waals surface area contributed by atoms with Gasteiger partial charge in [-0.3, -0.25) is 4.79 Å². The molecule has 0 radical (unpaired) electrons. The van der Waals surface area contributed by atoms with Crippen molar-refractivity contribution in [1.29, 1.82) is 0 Å². The second-order valence-corrected chi connectivity index (χ2v) is 6.20. The minimum Gasteiger partial charge on any atom is -0.380 e. The number of nitrogens with two attached hydrogens (primary N) is 1. The highest BCUT2D eigenvalue weighted by atomic mass is 35.5. The lowest BCUT2D eigenvalue weighted by molar-refractivity contribution is -0.123. The average molecular weight is 367 g/mol. The van der Waals surface area contributed by atoms with Gasteiger partial charge in [-0.1, -0.05) is 53.5 Å². The summed E-state index contributed by atoms with van der Waals surface area (Å²) in [6, 6.07) is 13.2. The number of carbonyl (C=O) groups excluding carboxylic acids is 1. The summed E-state index contributed by atoms with van der Waals surface area (Å²) in [6.45, 7) is 0.704. The Hall–Kier alpha value is -1.59. The van der Waals surface area contributed by atoms with Gasteiger partial charge >= 0.3 is 0 Å². The molecule has 2 aromatic carbocycles. The molecule has 2 aromatic rings. The fourth-order valence-electron chi connectivity index (χ4n) is 2.38. The third-order valence-corrected chi connectivity index (χ3v) is 4.27. The van der Waals surface area contributed by atoms with Crippen molar-refractivity contribution in [2.75, 3.05) is 13.7 Å². The van der Waals surface area contributed by atoms with Crippen molar-refractivity contribution >= 4 is 29.1 Å². The molecule has 0 saturated carbocycles. The zero-order valence-electron chi connectivity index (χ0n) is 13.4. The molecule has 3 N–H and O–H groups in total. The second kappa shape index (κ2) is 9.04. The normalized spacial score (nSPS) is 12.0. The molecule has 1 unspecified atom stereocenters. The van der Waals surface area contributed by atoms with E-state index in [0.717, 1.165) is 16.7 Å². The van der Waals surface area contributed by atoms with Crippen LogP contribution in [0.5, 0.6) is 0 Å². The summed E-state index contributed by atoms with van der Waals surface area (Å²) in [5.74, 6) is -0.107. The second-order valence-electron chi connectivity index (χ2n) is 5.36. The quantitative estimate of drug-likeness (QED) is 0.785. The van der Waals surface area contributed by atoms with Crippen molar-refractivity contribution in [1.82, 2.24) is 5.32 Å². The van der Waals surface area contributed by atoms with Crippen molar-refractivity contribution < 1.29 is 9.53 Å². The molecule has 0 saturated heterocycles. The van der Waals surface area contributed by atoms with Crippen molar-refractivity contribution in [3.8, 4) is 11.1 Å². The molecule has 1 atom stereocenters. The number of methoxy groups -OCH3 is 1. The van der Waals surface area contributed by atoms with Crippen LogP contribution in [0.4, 0.5) is 0 Å². The first kappa shape index (κ1) is 18.7. The van der Waals surface area contributed by atoms with E-state index in [1.165, 1.54) is 0 Å². The molecule has 0 bridgehead atoms. The molecule has 0 aliphatic heterocycles. The van der Waals surface area contributed by atoms with E-state index in [-0.39, 0.29) is 18.4 Å². The number of rotatable bonds is 7. The molecule has 0 fully saturated rings. The van der Waals surface area contributed by atoms with Crippen LogP contribution >= 0.6 is 23.2 Å². The number of carbonyl (C=O) groups is 1. The molecule has 6 heteroatoms. The minimum absolute atomic E-state index is 0.107. The molecule has 2 rings (SSSR count). The van der Waals surface area contributed by atoms with Crippen LogP contribution in [0, 0.1) is 0 Å². The summed E-state index contributed by atoms with van der Waals surface area (Å²) in [5, 5.41) is 4.05. The predicted molar refractivity (Wildman–Crippen MR) is 98.2 cm³/mol. The number of amides is 1. The Kier molecular flexibility index (Phi) is 7.06. The van der Waals surface area contributed by atoms with Crippen LogP contribution < -0.4 is 11.1 Å². The molecule has 0 spiro atoms. The van der Waals surface area contributed by atoms with E-state index in [1.807, 2.05) is 30.3 Å². The summed E-state index contributed by atoms with van der Waals surface area (Å²) >= 11 is 12.3. The molecule has 128 valence electrons. The summed E-state index contributed by atoms with van der Waals surface area (Å²) < 4.78 is 5.13. The van der Waals surface area contributed by atoms with Gasteiger partial charge in [0, 0.05) is 35.8 Å². The van der Waals surface area contributed by atoms with Gasteiger partial charge < -0.3 is 15.8 Å². The van der Waals surface area contributed by atoms with Crippen molar-refractivity contribution in [2.45, 2.75) is 19.1 Å². The van der Waals surface area contributed by atoms with E-state index < -0.39 is 0 Å². The van der Waals surface area contributed by atoms with Gasteiger partial charge in [0.25, 0.3) is 0 Å². The van der Waals surface area contributed by atoms with Gasteiger partial charge in [0.05, 0.1) is 12.5 Å². The van der Waals surface area contributed by atoms with E-state index in [9.17, 15) is 4.79 Å². The number of ether oxygens (including phenoxy) is 1. The highest BCUT2D eigenvalue weighted by Gasteiger charge is 2.13. The smallest absolute Gasteiger partial charge is 0.222 e. The van der Waals surface area contributed by atoms with Gasteiger partial charge in [0.2, 0.25) is 5.91 Å². The largest absolute Gasteiger partial charge is 0.380 e. The van der Waals surface area contributed by atoms with Crippen molar-refractivity contribution in [3.63, 3.8) is 0 Å². The standard InChI is InChI=1S/C18H20Cl2N2O2/c1-24-14(10-21)9-18(23)22-11-12-4-2-3-5-15(12)16-7-6-13(19)8-17(16)20/h2-8,14H,9-11,21H2,1H3,(H,22,23). The maximum Gasteiger partial charge on any atom is 0.222 e. The van der Waals surface area contributed by atoms with Crippen LogP contribution in [0.3, 0.4) is 0 Å². The van der Waals surface area contributed by atoms with Crippen LogP contribution in [0.1, 0.15) is 12.0 Å². The third kappa shape index (κ3) is 4.95. The lowest BCUT2D eigenvalue weighted by atomic mass is 9.99. The van der Waals surface area contributed by atoms with Gasteiger partial charge in [0.1, 0.15) is 0 Å². The molecule has 1 amide bonds. The number of halogens is 2. The zero-order chi connectivity index (χ0) is 17.5. The highest BCUT2D eigenvalue weighted by Crippen LogP contribution is 2.32. The first-order valence-electron chi connectivity index (χ1n) is 7.58. The van der Waals surface area contributed by atoms with Crippen molar-refractivity contribution in [3.05, 3.63) is 58.1 Å². The summed E-state index contributed by atoms with van der Waals surface area (Å²) in [5.41, 5.74) is 8.34. The molecular weight excluding hydrogens is 347 g/mol. The molecule has 24 heavy (non-hydrogen) atoms. The van der Waals surface area contributed by atoms with E-state index in [2.05, 4.69) is 5.32 Å². The van der Waals surface area contributed by atoms with Crippen LogP contribution in [0.25, 0.3) is 11.1 Å². The number of benzene rings is 2. The summed E-state index contributed by atoms with van der Waals surface area (Å²) in [4.78, 5) is 12.0. The fourth-order valence-corrected chi connectivity index (χ4v) is 2.89. The van der Waals surface area contributed by atoms with Gasteiger partial charge in [0.15, 0.2) is 0 Å². The Bertz CT molecular complexity index is 703. The first-order chi connectivity index (χ1) is 11.5. The van der Waals surface area contributed by atoms with E-state index in [4.69, 9.17) is 33.7 Å². The molecule has 0 aromatic heterocycles. The van der Waals surface area contributed by atoms with Crippen LogP contribution in [-0.2, 0) is 16.1 Å². The van der Waals surface area contributed by atoms with E-state index in [1.54, 1.807) is 19.2 Å². The number of hydrogen-bond acceptors (Lipinski definition) is 3. The Morgan fingerprint density at radius 2 is 1.96 bits per heavy atom. The zero-order valence-corrected chi connectivity index (χ0v) is 14.9. The SMILES string of the molecule is COC(CN)CC(=O)NCc1ccccc1-c1ccc(Cl)cc1Cl. The van der Waals surface area contributed by atoms with Gasteiger partial charge in [-0.25, -0.2) is 0 Å². The topological polar surface area (TPSA) is 64.3 Å². The van der Waals surface area contributed by atoms with Gasteiger partial charge in [-0.05, 0) is 23.3 Å². The van der Waals surface area contributed by atoms with Crippen molar-refractivity contribution in [2.24, 2.45) is 5.73 Å². The van der Waals surface area contributed by atoms with E-state index >= 15 is 0 Å². The number of nitrogens with one attached hydrogen (secondary N) is 1. The Labute approximate surface area is 151 Å². The van der Waals surface area contributed by atoms with Crippen LogP contribution in [0.15, 0.2) is 42.5 Å². The lowest BCUT2D eigenvalue weighted by Gasteiger charge is -2.15. The Morgan fingerprint density at radius 3 is 2.62 bits per heavy atom. The predicted octanol–water partition coefficient (Wildman–Crippen LogP) is 3.64. The van der Waals surface area contributed by atoms with Gasteiger partial charge in [-0.15, -0.1) is 0 Å². The highest BCUT2D eigenvalue weighted by molar-refractivity contribution is 6.36. The average Bonchev–Trinajstić information content (AvgIpc) is 2.58. The maximum atomic E-state index is 12.0. The molecule has 0 aliphatic rings. The molecule has 4 nitrogen and oxygen atoms in total. The van der Waals surface area contributed by atoms with Crippen LogP contribution in [0.2, 0.25) is 10.0 Å². The Morgan fingerprint density at radius 1 is 1.21 bits per heavy atom. The number of hydrogen-bond donors (Lipinski definition) is 2. The molecule has 0 aliphatic carbocycles. The minimum atomic E-state index is -0.272. The lowest BCUT2D eigenvalue weighted by Crippen LogP contribution is -2.32. The monoisotopic (exact) mass is 366 g/mol. The first-order valence-corrected chi connectivity index (χ1v) is 8.33. The summed E-state index contributed by atoms with van der Waals surface area (Å²) in [6.07, 6.45) is -0.0393.